The van der Waals surface area contributed by atoms with E-state index >= 15 is 0 Å². The van der Waals surface area contributed by atoms with Crippen molar-refractivity contribution >= 4 is 29.9 Å². The molecule has 31 heavy (non-hydrogen) atoms. The number of hydrogen-bond acceptors (Lipinski definition) is 3. The zero-order chi connectivity index (χ0) is 21.4. The Kier molecular flexibility index (Phi) is 10.0. The number of benzene rings is 1. The molecule has 1 aromatic heterocycles. The SMILES string of the molecule is CCNC(=NCCc1cccnc1)NC1CCN(Cc2ccc(C(F)(F)F)cc2)C1.I. The topological polar surface area (TPSA) is 52.6 Å². The monoisotopic (exact) mass is 547 g/mol. The number of alkyl halides is 3. The van der Waals surface area contributed by atoms with Crippen LogP contribution in [0.1, 0.15) is 30.0 Å². The van der Waals surface area contributed by atoms with Gasteiger partial charge in [0.05, 0.1) is 5.56 Å². The molecule has 0 spiro atoms. The van der Waals surface area contributed by atoms with E-state index in [-0.39, 0.29) is 30.0 Å². The number of hydrogen-bond donors (Lipinski definition) is 2. The molecular formula is C22H29F3IN5. The molecule has 9 heteroatoms. The average Bonchev–Trinajstić information content (AvgIpc) is 3.15. The van der Waals surface area contributed by atoms with Crippen molar-refractivity contribution in [2.24, 2.45) is 4.99 Å². The van der Waals surface area contributed by atoms with Crippen LogP contribution in [0.5, 0.6) is 0 Å². The molecule has 0 bridgehead atoms. The van der Waals surface area contributed by atoms with Gasteiger partial charge in [-0.1, -0.05) is 18.2 Å². The van der Waals surface area contributed by atoms with E-state index in [9.17, 15) is 13.2 Å². The van der Waals surface area contributed by atoms with Crippen LogP contribution in [-0.2, 0) is 19.1 Å². The Bertz CT molecular complexity index is 812. The quantitative estimate of drug-likeness (QED) is 0.312. The van der Waals surface area contributed by atoms with E-state index in [4.69, 9.17) is 0 Å². The summed E-state index contributed by atoms with van der Waals surface area (Å²) in [7, 11) is 0. The molecule has 2 aromatic rings. The lowest BCUT2D eigenvalue weighted by molar-refractivity contribution is -0.137. The molecule has 1 aliphatic rings. The summed E-state index contributed by atoms with van der Waals surface area (Å²) in [6, 6.07) is 9.65. The second-order valence-corrected chi connectivity index (χ2v) is 7.43. The maximum atomic E-state index is 12.7. The highest BCUT2D eigenvalue weighted by Crippen LogP contribution is 2.29. The first-order valence-electron chi connectivity index (χ1n) is 10.3. The predicted octanol–water partition coefficient (Wildman–Crippen LogP) is 4.09. The maximum Gasteiger partial charge on any atom is 0.416 e. The maximum absolute atomic E-state index is 12.7. The summed E-state index contributed by atoms with van der Waals surface area (Å²) in [5.41, 5.74) is 1.44. The largest absolute Gasteiger partial charge is 0.416 e. The molecule has 2 N–H and O–H groups in total. The summed E-state index contributed by atoms with van der Waals surface area (Å²) in [6.07, 6.45) is 1.11. The van der Waals surface area contributed by atoms with E-state index in [1.54, 1.807) is 18.3 Å². The van der Waals surface area contributed by atoms with E-state index in [1.165, 1.54) is 0 Å². The van der Waals surface area contributed by atoms with Crippen LogP contribution in [0.3, 0.4) is 0 Å². The standard InChI is InChI=1S/C22H28F3N5.HI/c1-2-27-21(28-12-9-17-4-3-11-26-14-17)29-20-10-13-30(16-20)15-18-5-7-19(8-6-18)22(23,24)25;/h3-8,11,14,20H,2,9-10,12-13,15-16H2,1H3,(H2,27,28,29);1H. The van der Waals surface area contributed by atoms with Crippen molar-refractivity contribution in [2.75, 3.05) is 26.2 Å². The van der Waals surface area contributed by atoms with Gasteiger partial charge in [0, 0.05) is 51.2 Å². The number of aromatic nitrogens is 1. The Labute approximate surface area is 198 Å². The number of likely N-dealkylation sites (tertiary alicyclic amines) is 1. The Morgan fingerprint density at radius 1 is 1.19 bits per heavy atom. The van der Waals surface area contributed by atoms with Gasteiger partial charge in [-0.2, -0.15) is 13.2 Å². The van der Waals surface area contributed by atoms with Crippen LogP contribution >= 0.6 is 24.0 Å². The van der Waals surface area contributed by atoms with Crippen molar-refractivity contribution < 1.29 is 13.2 Å². The minimum atomic E-state index is -4.29. The molecule has 1 aromatic carbocycles. The lowest BCUT2D eigenvalue weighted by Gasteiger charge is -2.19. The highest BCUT2D eigenvalue weighted by Gasteiger charge is 2.30. The van der Waals surface area contributed by atoms with E-state index in [0.717, 1.165) is 61.7 Å². The Balaban J connectivity index is 0.00000341. The number of pyridine rings is 1. The molecule has 1 unspecified atom stereocenters. The summed E-state index contributed by atoms with van der Waals surface area (Å²) in [5, 5.41) is 6.76. The molecule has 170 valence electrons. The van der Waals surface area contributed by atoms with Crippen molar-refractivity contribution in [3.05, 3.63) is 65.5 Å². The third-order valence-electron chi connectivity index (χ3n) is 5.04. The fourth-order valence-corrected chi connectivity index (χ4v) is 3.51. The van der Waals surface area contributed by atoms with Crippen LogP contribution in [0.2, 0.25) is 0 Å². The molecule has 1 fully saturated rings. The minimum Gasteiger partial charge on any atom is -0.357 e. The smallest absolute Gasteiger partial charge is 0.357 e. The van der Waals surface area contributed by atoms with E-state index in [2.05, 4.69) is 25.5 Å². The van der Waals surface area contributed by atoms with Gasteiger partial charge in [-0.05, 0) is 49.1 Å². The van der Waals surface area contributed by atoms with Gasteiger partial charge in [0.2, 0.25) is 0 Å². The molecule has 0 aliphatic carbocycles. The second-order valence-electron chi connectivity index (χ2n) is 7.43. The average molecular weight is 547 g/mol. The van der Waals surface area contributed by atoms with Gasteiger partial charge < -0.3 is 10.6 Å². The van der Waals surface area contributed by atoms with E-state index < -0.39 is 11.7 Å². The molecule has 1 aliphatic heterocycles. The lowest BCUT2D eigenvalue weighted by Crippen LogP contribution is -2.44. The number of nitrogens with zero attached hydrogens (tertiary/aromatic N) is 3. The first-order valence-corrected chi connectivity index (χ1v) is 10.3. The second kappa shape index (κ2) is 12.2. The number of guanidine groups is 1. The van der Waals surface area contributed by atoms with Crippen LogP contribution in [0, 0.1) is 0 Å². The van der Waals surface area contributed by atoms with E-state index in [0.29, 0.717) is 13.1 Å². The lowest BCUT2D eigenvalue weighted by atomic mass is 10.1. The molecular weight excluding hydrogens is 518 g/mol. The van der Waals surface area contributed by atoms with Crippen LogP contribution < -0.4 is 10.6 Å². The van der Waals surface area contributed by atoms with Gasteiger partial charge in [0.1, 0.15) is 0 Å². The molecule has 0 amide bonds. The molecule has 1 saturated heterocycles. The van der Waals surface area contributed by atoms with Gasteiger partial charge >= 0.3 is 6.18 Å². The van der Waals surface area contributed by atoms with Gasteiger partial charge in [0.15, 0.2) is 5.96 Å². The highest BCUT2D eigenvalue weighted by molar-refractivity contribution is 14.0. The first-order chi connectivity index (χ1) is 14.4. The molecule has 5 nitrogen and oxygen atoms in total. The molecule has 1 atom stereocenters. The van der Waals surface area contributed by atoms with Crippen LogP contribution in [-0.4, -0.2) is 48.1 Å². The summed E-state index contributed by atoms with van der Waals surface area (Å²) in [6.45, 7) is 5.85. The summed E-state index contributed by atoms with van der Waals surface area (Å²) >= 11 is 0. The van der Waals surface area contributed by atoms with Crippen LogP contribution in [0.15, 0.2) is 53.8 Å². The number of aliphatic imine (C=N–C) groups is 1. The number of halogens is 4. The fraction of sp³-hybridized carbons (Fsp3) is 0.455. The first kappa shape index (κ1) is 25.4. The van der Waals surface area contributed by atoms with E-state index in [1.807, 2.05) is 25.3 Å². The van der Waals surface area contributed by atoms with Crippen molar-refractivity contribution in [1.29, 1.82) is 0 Å². The normalized spacial score (nSPS) is 17.3. The number of rotatable bonds is 7. The van der Waals surface area contributed by atoms with Crippen LogP contribution in [0.4, 0.5) is 13.2 Å². The molecule has 2 heterocycles. The van der Waals surface area contributed by atoms with Gasteiger partial charge in [0.25, 0.3) is 0 Å². The molecule has 0 radical (unpaired) electrons. The summed E-state index contributed by atoms with van der Waals surface area (Å²) in [5.74, 6) is 0.794. The zero-order valence-electron chi connectivity index (χ0n) is 17.5. The summed E-state index contributed by atoms with van der Waals surface area (Å²) < 4.78 is 38.1. The molecule has 3 rings (SSSR count). The van der Waals surface area contributed by atoms with Gasteiger partial charge in [-0.3, -0.25) is 14.9 Å². The summed E-state index contributed by atoms with van der Waals surface area (Å²) in [4.78, 5) is 11.0. The van der Waals surface area contributed by atoms with Gasteiger partial charge in [-0.25, -0.2) is 0 Å². The van der Waals surface area contributed by atoms with Crippen molar-refractivity contribution in [2.45, 2.75) is 38.5 Å². The molecule has 0 saturated carbocycles. The predicted molar refractivity (Wildman–Crippen MR) is 128 cm³/mol. The van der Waals surface area contributed by atoms with Gasteiger partial charge in [-0.15, -0.1) is 24.0 Å². The third-order valence-corrected chi connectivity index (χ3v) is 5.04. The highest BCUT2D eigenvalue weighted by atomic mass is 127. The zero-order valence-corrected chi connectivity index (χ0v) is 19.9. The number of nitrogens with one attached hydrogen (secondary N) is 2. The van der Waals surface area contributed by atoms with Crippen LogP contribution in [0.25, 0.3) is 0 Å². The Morgan fingerprint density at radius 2 is 1.97 bits per heavy atom. The van der Waals surface area contributed by atoms with Crippen molar-refractivity contribution in [3.8, 4) is 0 Å². The van der Waals surface area contributed by atoms with Crippen molar-refractivity contribution in [1.82, 2.24) is 20.5 Å². The third kappa shape index (κ3) is 8.29. The van der Waals surface area contributed by atoms with Crippen molar-refractivity contribution in [3.63, 3.8) is 0 Å². The Morgan fingerprint density at radius 3 is 2.61 bits per heavy atom. The minimum absolute atomic E-state index is 0. The fourth-order valence-electron chi connectivity index (χ4n) is 3.51. The Hall–Kier alpha value is -1.88.